The SMILES string of the molecule is O=c1onnc2nnnnc12. The summed E-state index contributed by atoms with van der Waals surface area (Å²) >= 11 is 0. The van der Waals surface area contributed by atoms with Gasteiger partial charge in [-0.15, -0.1) is 10.2 Å². The predicted molar refractivity (Wildman–Crippen MR) is 29.3 cm³/mol. The van der Waals surface area contributed by atoms with Gasteiger partial charge in [0.25, 0.3) is 0 Å². The molecule has 2 aromatic rings. The zero-order valence-electron chi connectivity index (χ0n) is 5.00. The molecule has 54 valence electrons. The van der Waals surface area contributed by atoms with Crippen LogP contribution in [0.2, 0.25) is 0 Å². The van der Waals surface area contributed by atoms with Gasteiger partial charge in [0, 0.05) is 5.27 Å². The number of aromatic nitrogens is 6. The largest absolute Gasteiger partial charge is 0.391 e. The fraction of sp³-hybridized carbons (Fsp3) is 0. The second-order valence-electron chi connectivity index (χ2n) is 1.61. The highest BCUT2D eigenvalue weighted by molar-refractivity contribution is 5.64. The van der Waals surface area contributed by atoms with Crippen LogP contribution >= 0.6 is 0 Å². The first kappa shape index (κ1) is 5.77. The van der Waals surface area contributed by atoms with Crippen LogP contribution in [0.25, 0.3) is 11.2 Å². The van der Waals surface area contributed by atoms with Gasteiger partial charge in [-0.25, -0.2) is 4.79 Å². The lowest BCUT2D eigenvalue weighted by atomic mass is 10.6. The van der Waals surface area contributed by atoms with Gasteiger partial charge < -0.3 is 0 Å². The van der Waals surface area contributed by atoms with Crippen molar-refractivity contribution in [3.05, 3.63) is 10.4 Å². The quantitative estimate of drug-likeness (QED) is 0.433. The van der Waals surface area contributed by atoms with Gasteiger partial charge in [-0.05, 0) is 10.4 Å². The molecule has 11 heavy (non-hydrogen) atoms. The number of fused-ring (bicyclic) bond motifs is 1. The lowest BCUT2D eigenvalue weighted by Gasteiger charge is -1.84. The molecule has 0 spiro atoms. The van der Waals surface area contributed by atoms with Gasteiger partial charge in [-0.2, -0.15) is 0 Å². The Morgan fingerprint density at radius 1 is 1.09 bits per heavy atom. The van der Waals surface area contributed by atoms with E-state index in [-0.39, 0.29) is 11.2 Å². The maximum Gasteiger partial charge on any atom is 0.391 e. The van der Waals surface area contributed by atoms with Crippen LogP contribution in [0.1, 0.15) is 0 Å². The fourth-order valence-corrected chi connectivity index (χ4v) is 0.558. The van der Waals surface area contributed by atoms with E-state index in [1.165, 1.54) is 0 Å². The molecule has 2 heterocycles. The number of rotatable bonds is 0. The average Bonchev–Trinajstić information content (AvgIpc) is 2.06. The van der Waals surface area contributed by atoms with E-state index in [1.54, 1.807) is 0 Å². The minimum atomic E-state index is -0.725. The van der Waals surface area contributed by atoms with Crippen LogP contribution in [-0.4, -0.2) is 31.0 Å². The van der Waals surface area contributed by atoms with Gasteiger partial charge in [-0.1, -0.05) is 5.10 Å². The molecule has 0 aliphatic carbocycles. The van der Waals surface area contributed by atoms with Crippen molar-refractivity contribution in [2.75, 3.05) is 0 Å². The number of nitrogens with zero attached hydrogens (tertiary/aromatic N) is 6. The van der Waals surface area contributed by atoms with Crippen LogP contribution in [0.3, 0.4) is 0 Å². The molecule has 0 aliphatic rings. The van der Waals surface area contributed by atoms with E-state index in [1.807, 2.05) is 0 Å². The van der Waals surface area contributed by atoms with Gasteiger partial charge >= 0.3 is 5.63 Å². The van der Waals surface area contributed by atoms with Crippen LogP contribution in [0.5, 0.6) is 0 Å². The smallest absolute Gasteiger partial charge is 0.292 e. The fourth-order valence-electron chi connectivity index (χ4n) is 0.558. The highest BCUT2D eigenvalue weighted by atomic mass is 16.5. The monoisotopic (exact) mass is 152 g/mol. The average molecular weight is 152 g/mol. The summed E-state index contributed by atoms with van der Waals surface area (Å²) in [6.07, 6.45) is 0. The molecule has 2 rings (SSSR count). The molecule has 8 nitrogen and oxygen atoms in total. The first-order valence-electron chi connectivity index (χ1n) is 2.56. The third kappa shape index (κ3) is 0.801. The highest BCUT2D eigenvalue weighted by Gasteiger charge is 2.03. The highest BCUT2D eigenvalue weighted by Crippen LogP contribution is 1.89. The van der Waals surface area contributed by atoms with Crippen LogP contribution in [0, 0.1) is 0 Å². The molecule has 0 bridgehead atoms. The topological polar surface area (TPSA) is 108 Å². The Kier molecular flexibility index (Phi) is 1.05. The summed E-state index contributed by atoms with van der Waals surface area (Å²) in [6, 6.07) is 0. The van der Waals surface area contributed by atoms with Crippen molar-refractivity contribution in [2.24, 2.45) is 0 Å². The van der Waals surface area contributed by atoms with E-state index in [2.05, 4.69) is 35.5 Å². The second kappa shape index (κ2) is 2.01. The van der Waals surface area contributed by atoms with Crippen molar-refractivity contribution in [1.29, 1.82) is 0 Å². The minimum absolute atomic E-state index is 0.0243. The molecule has 0 aromatic carbocycles. The summed E-state index contributed by atoms with van der Waals surface area (Å²) in [6.45, 7) is 0. The molecular formula is C3N6O2. The molecule has 0 fully saturated rings. The van der Waals surface area contributed by atoms with Crippen molar-refractivity contribution < 1.29 is 4.52 Å². The zero-order valence-corrected chi connectivity index (χ0v) is 5.00. The summed E-state index contributed by atoms with van der Waals surface area (Å²) in [4.78, 5) is 10.7. The van der Waals surface area contributed by atoms with Crippen LogP contribution < -0.4 is 5.63 Å². The minimum Gasteiger partial charge on any atom is -0.292 e. The van der Waals surface area contributed by atoms with Crippen LogP contribution in [-0.2, 0) is 0 Å². The lowest BCUT2D eigenvalue weighted by molar-refractivity contribution is 0.339. The van der Waals surface area contributed by atoms with E-state index in [0.717, 1.165) is 0 Å². The molecule has 0 radical (unpaired) electrons. The molecule has 0 aliphatic heterocycles. The Morgan fingerprint density at radius 2 is 1.91 bits per heavy atom. The van der Waals surface area contributed by atoms with Crippen molar-refractivity contribution in [3.8, 4) is 0 Å². The van der Waals surface area contributed by atoms with Crippen molar-refractivity contribution in [3.63, 3.8) is 0 Å². The van der Waals surface area contributed by atoms with Crippen molar-refractivity contribution >= 4 is 11.2 Å². The predicted octanol–water partition coefficient (Wildman–Crippen LogP) is -1.84. The molecule has 0 atom stereocenters. The Balaban J connectivity index is 3.03. The van der Waals surface area contributed by atoms with E-state index < -0.39 is 5.63 Å². The Hall–Kier alpha value is -1.99. The standard InChI is InChI=1S/C3N6O2/c10-3-1-2(6-9-11-3)5-8-7-4-1. The summed E-state index contributed by atoms with van der Waals surface area (Å²) in [5.74, 6) is 0. The van der Waals surface area contributed by atoms with Crippen LogP contribution in [0.4, 0.5) is 0 Å². The Bertz CT molecular complexity index is 432. The normalized spacial score (nSPS) is 10.2. The van der Waals surface area contributed by atoms with Gasteiger partial charge in [0.1, 0.15) is 0 Å². The van der Waals surface area contributed by atoms with Gasteiger partial charge in [0.05, 0.1) is 0 Å². The van der Waals surface area contributed by atoms with Gasteiger partial charge in [-0.3, -0.25) is 4.52 Å². The molecule has 0 saturated heterocycles. The van der Waals surface area contributed by atoms with E-state index in [9.17, 15) is 4.79 Å². The molecule has 2 aromatic heterocycles. The van der Waals surface area contributed by atoms with E-state index in [0.29, 0.717) is 0 Å². The number of hydrogen-bond donors (Lipinski definition) is 0. The second-order valence-corrected chi connectivity index (χ2v) is 1.61. The summed E-state index contributed by atoms with van der Waals surface area (Å²) in [5, 5.41) is 19.4. The Morgan fingerprint density at radius 3 is 2.73 bits per heavy atom. The molecular weight excluding hydrogens is 152 g/mol. The van der Waals surface area contributed by atoms with Gasteiger partial charge in [0.15, 0.2) is 0 Å². The summed E-state index contributed by atoms with van der Waals surface area (Å²) in [5.41, 5.74) is -0.774. The molecule has 0 unspecified atom stereocenters. The van der Waals surface area contributed by atoms with Crippen LogP contribution in [0.15, 0.2) is 9.32 Å². The lowest BCUT2D eigenvalue weighted by Crippen LogP contribution is -2.08. The summed E-state index contributed by atoms with van der Waals surface area (Å²) in [7, 11) is 0. The molecule has 0 N–H and O–H groups in total. The van der Waals surface area contributed by atoms with Crippen molar-refractivity contribution in [1.82, 2.24) is 31.0 Å². The zero-order chi connectivity index (χ0) is 7.68. The molecule has 0 saturated carbocycles. The molecule has 0 amide bonds. The van der Waals surface area contributed by atoms with E-state index in [4.69, 9.17) is 0 Å². The maximum atomic E-state index is 10.7. The number of hydrogen-bond acceptors (Lipinski definition) is 8. The van der Waals surface area contributed by atoms with Gasteiger partial charge in [0.2, 0.25) is 11.2 Å². The van der Waals surface area contributed by atoms with E-state index >= 15 is 0 Å². The third-order valence-corrected chi connectivity index (χ3v) is 0.989. The Labute approximate surface area is 58.2 Å². The maximum absolute atomic E-state index is 10.7. The first-order valence-corrected chi connectivity index (χ1v) is 2.56. The molecule has 8 heteroatoms. The summed E-state index contributed by atoms with van der Waals surface area (Å²) < 4.78 is 4.15. The first-order chi connectivity index (χ1) is 5.38. The van der Waals surface area contributed by atoms with Crippen molar-refractivity contribution in [2.45, 2.75) is 0 Å². The third-order valence-electron chi connectivity index (χ3n) is 0.989.